The molecule has 0 aromatic heterocycles. The maximum Gasteiger partial charge on any atom is 0.264 e. The Hall–Kier alpha value is -2.53. The molecule has 1 heterocycles. The van der Waals surface area contributed by atoms with Crippen LogP contribution in [0.4, 0.5) is 0 Å². The molecule has 1 aliphatic heterocycles. The van der Waals surface area contributed by atoms with E-state index in [1.807, 2.05) is 36.4 Å². The average molecular weight is 341 g/mol. The van der Waals surface area contributed by atoms with Crippen LogP contribution in [-0.4, -0.2) is 36.9 Å². The Labute approximate surface area is 147 Å². The van der Waals surface area contributed by atoms with E-state index in [1.165, 1.54) is 5.56 Å². The minimum absolute atomic E-state index is 0.129. The van der Waals surface area contributed by atoms with Crippen molar-refractivity contribution < 1.29 is 19.4 Å². The summed E-state index contributed by atoms with van der Waals surface area (Å²) in [4.78, 5) is 12.3. The first-order valence-electron chi connectivity index (χ1n) is 8.60. The minimum Gasteiger partial charge on any atom is -0.485 e. The average Bonchev–Trinajstić information content (AvgIpc) is 2.67. The van der Waals surface area contributed by atoms with Gasteiger partial charge in [0, 0.05) is 13.2 Å². The summed E-state index contributed by atoms with van der Waals surface area (Å²) in [6, 6.07) is 17.4. The molecule has 3 rings (SSSR count). The van der Waals surface area contributed by atoms with Crippen molar-refractivity contribution in [2.75, 3.05) is 19.8 Å². The number of fused-ring (bicyclic) bond motifs is 1. The first kappa shape index (κ1) is 17.3. The number of hydrogen-bond donors (Lipinski definition) is 2. The number of nitrogens with one attached hydrogen (secondary N) is 1. The van der Waals surface area contributed by atoms with Crippen molar-refractivity contribution in [1.82, 2.24) is 5.32 Å². The summed E-state index contributed by atoms with van der Waals surface area (Å²) in [5.74, 6) is 1.30. The van der Waals surface area contributed by atoms with Gasteiger partial charge in [0.05, 0.1) is 0 Å². The Morgan fingerprint density at radius 2 is 1.80 bits per heavy atom. The van der Waals surface area contributed by atoms with E-state index in [0.717, 1.165) is 6.42 Å². The van der Waals surface area contributed by atoms with Gasteiger partial charge in [0.2, 0.25) is 6.10 Å². The van der Waals surface area contributed by atoms with Gasteiger partial charge in [-0.05, 0) is 36.5 Å². The van der Waals surface area contributed by atoms with Gasteiger partial charge in [-0.2, -0.15) is 0 Å². The molecule has 0 fully saturated rings. The lowest BCUT2D eigenvalue weighted by atomic mass is 9.93. The van der Waals surface area contributed by atoms with Crippen molar-refractivity contribution in [3.8, 4) is 11.5 Å². The van der Waals surface area contributed by atoms with Gasteiger partial charge >= 0.3 is 0 Å². The van der Waals surface area contributed by atoms with Crippen molar-refractivity contribution >= 4 is 5.91 Å². The van der Waals surface area contributed by atoms with Crippen LogP contribution in [0.2, 0.25) is 0 Å². The smallest absolute Gasteiger partial charge is 0.264 e. The topological polar surface area (TPSA) is 67.8 Å². The third-order valence-corrected chi connectivity index (χ3v) is 4.34. The molecule has 0 spiro atoms. The molecule has 25 heavy (non-hydrogen) atoms. The molecule has 0 aliphatic carbocycles. The monoisotopic (exact) mass is 341 g/mol. The zero-order valence-corrected chi connectivity index (χ0v) is 14.1. The number of carbonyl (C=O) groups is 1. The highest BCUT2D eigenvalue weighted by atomic mass is 16.6. The summed E-state index contributed by atoms with van der Waals surface area (Å²) in [6.45, 7) is 0.866. The lowest BCUT2D eigenvalue weighted by Gasteiger charge is -2.26. The molecule has 2 N–H and O–H groups in total. The lowest BCUT2D eigenvalue weighted by molar-refractivity contribution is -0.130. The highest BCUT2D eigenvalue weighted by Gasteiger charge is 2.27. The standard InChI is InChI=1S/C20H23NO4/c22-13-11-16(15-6-2-1-3-7-15)10-12-21-20(23)19-14-24-17-8-4-5-9-18(17)25-19/h1-9,16,19,22H,10-14H2,(H,21,23). The molecule has 0 bridgehead atoms. The molecule has 2 aromatic rings. The van der Waals surface area contributed by atoms with Crippen LogP contribution in [0.5, 0.6) is 11.5 Å². The van der Waals surface area contributed by atoms with E-state index in [-0.39, 0.29) is 25.0 Å². The van der Waals surface area contributed by atoms with Crippen LogP contribution in [0.1, 0.15) is 24.3 Å². The van der Waals surface area contributed by atoms with Crippen LogP contribution >= 0.6 is 0 Å². The molecule has 5 nitrogen and oxygen atoms in total. The molecule has 2 atom stereocenters. The van der Waals surface area contributed by atoms with Crippen molar-refractivity contribution in [3.05, 3.63) is 60.2 Å². The molecule has 2 unspecified atom stereocenters. The van der Waals surface area contributed by atoms with Crippen molar-refractivity contribution in [1.29, 1.82) is 0 Å². The molecular formula is C20H23NO4. The Morgan fingerprint density at radius 1 is 1.08 bits per heavy atom. The van der Waals surface area contributed by atoms with E-state index in [0.29, 0.717) is 24.5 Å². The van der Waals surface area contributed by atoms with Crippen LogP contribution in [0.25, 0.3) is 0 Å². The molecule has 1 amide bonds. The van der Waals surface area contributed by atoms with Gasteiger partial charge < -0.3 is 19.9 Å². The van der Waals surface area contributed by atoms with Crippen molar-refractivity contribution in [2.45, 2.75) is 24.9 Å². The van der Waals surface area contributed by atoms with Gasteiger partial charge in [0.1, 0.15) is 6.61 Å². The van der Waals surface area contributed by atoms with Gasteiger partial charge in [-0.1, -0.05) is 42.5 Å². The highest BCUT2D eigenvalue weighted by Crippen LogP contribution is 2.30. The first-order chi connectivity index (χ1) is 12.3. The highest BCUT2D eigenvalue weighted by molar-refractivity contribution is 5.81. The summed E-state index contributed by atoms with van der Waals surface area (Å²) in [6.07, 6.45) is 0.805. The first-order valence-corrected chi connectivity index (χ1v) is 8.60. The Kier molecular flexibility index (Phi) is 5.90. The van der Waals surface area contributed by atoms with Gasteiger partial charge in [0.25, 0.3) is 5.91 Å². The van der Waals surface area contributed by atoms with E-state index in [2.05, 4.69) is 17.4 Å². The van der Waals surface area contributed by atoms with E-state index in [1.54, 1.807) is 6.07 Å². The Bertz CT molecular complexity index is 689. The second-order valence-corrected chi connectivity index (χ2v) is 6.06. The number of para-hydroxylation sites is 2. The largest absolute Gasteiger partial charge is 0.485 e. The molecule has 5 heteroatoms. The Balaban J connectivity index is 1.50. The predicted molar refractivity (Wildman–Crippen MR) is 94.9 cm³/mol. The van der Waals surface area contributed by atoms with Crippen molar-refractivity contribution in [3.63, 3.8) is 0 Å². The summed E-state index contributed by atoms with van der Waals surface area (Å²) < 4.78 is 11.3. The molecule has 0 saturated heterocycles. The number of carbonyl (C=O) groups excluding carboxylic acids is 1. The number of amides is 1. The maximum absolute atomic E-state index is 12.3. The fourth-order valence-corrected chi connectivity index (χ4v) is 2.99. The number of benzene rings is 2. The van der Waals surface area contributed by atoms with E-state index in [9.17, 15) is 9.90 Å². The van der Waals surface area contributed by atoms with Gasteiger partial charge in [-0.25, -0.2) is 0 Å². The molecule has 0 radical (unpaired) electrons. The SMILES string of the molecule is O=C(NCCC(CCO)c1ccccc1)C1COc2ccccc2O1. The minimum atomic E-state index is -0.636. The van der Waals surface area contributed by atoms with E-state index >= 15 is 0 Å². The number of rotatable bonds is 7. The van der Waals surface area contributed by atoms with E-state index in [4.69, 9.17) is 9.47 Å². The summed E-state index contributed by atoms with van der Waals surface area (Å²) in [5.41, 5.74) is 1.18. The van der Waals surface area contributed by atoms with Crippen LogP contribution in [0.3, 0.4) is 0 Å². The molecule has 0 saturated carbocycles. The lowest BCUT2D eigenvalue weighted by Crippen LogP contribution is -2.44. The number of hydrogen-bond acceptors (Lipinski definition) is 4. The van der Waals surface area contributed by atoms with Crippen LogP contribution in [0.15, 0.2) is 54.6 Å². The molecule has 1 aliphatic rings. The van der Waals surface area contributed by atoms with Crippen LogP contribution < -0.4 is 14.8 Å². The number of aliphatic hydroxyl groups is 1. The second-order valence-electron chi connectivity index (χ2n) is 6.06. The quantitative estimate of drug-likeness (QED) is 0.812. The zero-order chi connectivity index (χ0) is 17.5. The third-order valence-electron chi connectivity index (χ3n) is 4.34. The van der Waals surface area contributed by atoms with Gasteiger partial charge in [-0.3, -0.25) is 4.79 Å². The molecule has 2 aromatic carbocycles. The molecule has 132 valence electrons. The fraction of sp³-hybridized carbons (Fsp3) is 0.350. The van der Waals surface area contributed by atoms with E-state index < -0.39 is 6.10 Å². The number of ether oxygens (including phenoxy) is 2. The van der Waals surface area contributed by atoms with Gasteiger partial charge in [-0.15, -0.1) is 0 Å². The zero-order valence-electron chi connectivity index (χ0n) is 14.1. The Morgan fingerprint density at radius 3 is 2.56 bits per heavy atom. The second kappa shape index (κ2) is 8.53. The summed E-state index contributed by atoms with van der Waals surface area (Å²) in [7, 11) is 0. The number of aliphatic hydroxyl groups excluding tert-OH is 1. The van der Waals surface area contributed by atoms with Crippen LogP contribution in [-0.2, 0) is 4.79 Å². The fourth-order valence-electron chi connectivity index (χ4n) is 2.99. The molecular weight excluding hydrogens is 318 g/mol. The summed E-state index contributed by atoms with van der Waals surface area (Å²) in [5, 5.41) is 12.2. The maximum atomic E-state index is 12.3. The van der Waals surface area contributed by atoms with Crippen molar-refractivity contribution in [2.24, 2.45) is 0 Å². The summed E-state index contributed by atoms with van der Waals surface area (Å²) >= 11 is 0. The third kappa shape index (κ3) is 4.51. The normalized spacial score (nSPS) is 16.9. The van der Waals surface area contributed by atoms with Gasteiger partial charge in [0.15, 0.2) is 11.5 Å². The predicted octanol–water partition coefficient (Wildman–Crippen LogP) is 2.50. The van der Waals surface area contributed by atoms with Crippen LogP contribution in [0, 0.1) is 0 Å².